The van der Waals surface area contributed by atoms with Gasteiger partial charge in [0.2, 0.25) is 10.0 Å². The van der Waals surface area contributed by atoms with Crippen molar-refractivity contribution in [3.05, 3.63) is 65.7 Å². The van der Waals surface area contributed by atoms with Crippen molar-refractivity contribution in [2.45, 2.75) is 17.9 Å². The van der Waals surface area contributed by atoms with Crippen molar-refractivity contribution < 1.29 is 8.42 Å². The van der Waals surface area contributed by atoms with Gasteiger partial charge in [-0.2, -0.15) is 5.26 Å². The third kappa shape index (κ3) is 3.05. The highest BCUT2D eigenvalue weighted by Gasteiger charge is 2.21. The zero-order valence-electron chi connectivity index (χ0n) is 10.9. The molecule has 0 fully saturated rings. The van der Waals surface area contributed by atoms with Crippen molar-refractivity contribution in [1.82, 2.24) is 4.72 Å². The molecule has 5 heteroatoms. The minimum absolute atomic E-state index is 0.00489. The number of hydrogen-bond donors (Lipinski definition) is 1. The van der Waals surface area contributed by atoms with Gasteiger partial charge in [-0.05, 0) is 24.6 Å². The SMILES string of the molecule is C[C@H](NS(=O)(=O)c1ccccc1C#N)c1ccccc1. The van der Waals surface area contributed by atoms with E-state index in [1.807, 2.05) is 36.4 Å². The molecular weight excluding hydrogens is 272 g/mol. The van der Waals surface area contributed by atoms with Gasteiger partial charge in [-0.1, -0.05) is 42.5 Å². The van der Waals surface area contributed by atoms with Gasteiger partial charge in [0.15, 0.2) is 0 Å². The van der Waals surface area contributed by atoms with Gasteiger partial charge in [-0.15, -0.1) is 0 Å². The van der Waals surface area contributed by atoms with Crippen molar-refractivity contribution in [3.63, 3.8) is 0 Å². The Hall–Kier alpha value is -2.16. The summed E-state index contributed by atoms with van der Waals surface area (Å²) in [4.78, 5) is 0.00489. The zero-order valence-corrected chi connectivity index (χ0v) is 11.8. The summed E-state index contributed by atoms with van der Waals surface area (Å²) in [6.07, 6.45) is 0. The Balaban J connectivity index is 2.31. The summed E-state index contributed by atoms with van der Waals surface area (Å²) < 4.78 is 27.3. The second kappa shape index (κ2) is 5.87. The molecule has 102 valence electrons. The van der Waals surface area contributed by atoms with Gasteiger partial charge in [0.25, 0.3) is 0 Å². The molecule has 1 N–H and O–H groups in total. The lowest BCUT2D eigenvalue weighted by atomic mass is 10.1. The van der Waals surface area contributed by atoms with E-state index in [1.54, 1.807) is 19.1 Å². The van der Waals surface area contributed by atoms with Gasteiger partial charge in [0.1, 0.15) is 6.07 Å². The summed E-state index contributed by atoms with van der Waals surface area (Å²) in [6.45, 7) is 1.77. The smallest absolute Gasteiger partial charge is 0.207 e. The van der Waals surface area contributed by atoms with Gasteiger partial charge in [-0.25, -0.2) is 13.1 Å². The molecule has 2 aromatic carbocycles. The summed E-state index contributed by atoms with van der Waals surface area (Å²) in [7, 11) is -3.72. The number of sulfonamides is 1. The maximum atomic E-state index is 12.3. The van der Waals surface area contributed by atoms with Crippen LogP contribution in [0, 0.1) is 11.3 Å². The van der Waals surface area contributed by atoms with Crippen LogP contribution >= 0.6 is 0 Å². The molecular formula is C15H14N2O2S. The lowest BCUT2D eigenvalue weighted by Gasteiger charge is -2.15. The minimum Gasteiger partial charge on any atom is -0.207 e. The van der Waals surface area contributed by atoms with Crippen molar-refractivity contribution in [3.8, 4) is 6.07 Å². The predicted octanol–water partition coefficient (Wildman–Crippen LogP) is 2.60. The molecule has 0 spiro atoms. The molecule has 4 nitrogen and oxygen atoms in total. The summed E-state index contributed by atoms with van der Waals surface area (Å²) in [5.41, 5.74) is 1.01. The first-order chi connectivity index (χ1) is 9.54. The molecule has 0 aromatic heterocycles. The molecule has 0 aliphatic heterocycles. The van der Waals surface area contributed by atoms with E-state index in [-0.39, 0.29) is 16.5 Å². The average molecular weight is 286 g/mol. The molecule has 0 aliphatic carbocycles. The van der Waals surface area contributed by atoms with Crippen molar-refractivity contribution in [2.24, 2.45) is 0 Å². The summed E-state index contributed by atoms with van der Waals surface area (Å²) in [6, 6.07) is 17.0. The van der Waals surface area contributed by atoms with Crippen LogP contribution in [-0.4, -0.2) is 8.42 Å². The van der Waals surface area contributed by atoms with Crippen LogP contribution in [0.3, 0.4) is 0 Å². The van der Waals surface area contributed by atoms with Crippen LogP contribution in [0.2, 0.25) is 0 Å². The quantitative estimate of drug-likeness (QED) is 0.939. The normalized spacial score (nSPS) is 12.6. The van der Waals surface area contributed by atoms with Crippen LogP contribution in [0.15, 0.2) is 59.5 Å². The number of nitriles is 1. The van der Waals surface area contributed by atoms with Gasteiger partial charge in [-0.3, -0.25) is 0 Å². The fourth-order valence-electron chi connectivity index (χ4n) is 1.90. The lowest BCUT2D eigenvalue weighted by molar-refractivity contribution is 0.566. The Bertz CT molecular complexity index is 734. The van der Waals surface area contributed by atoms with E-state index >= 15 is 0 Å². The number of nitrogens with one attached hydrogen (secondary N) is 1. The highest BCUT2D eigenvalue weighted by atomic mass is 32.2. The van der Waals surface area contributed by atoms with Crippen molar-refractivity contribution >= 4 is 10.0 Å². The van der Waals surface area contributed by atoms with Crippen molar-refractivity contribution in [1.29, 1.82) is 5.26 Å². The topological polar surface area (TPSA) is 70.0 Å². The Kier molecular flexibility index (Phi) is 4.18. The molecule has 0 aliphatic rings. The number of benzene rings is 2. The standard InChI is InChI=1S/C15H14N2O2S/c1-12(13-7-3-2-4-8-13)17-20(18,19)15-10-6-5-9-14(15)11-16/h2-10,12,17H,1H3/t12-/m0/s1. The second-order valence-electron chi connectivity index (χ2n) is 4.36. The minimum atomic E-state index is -3.72. The molecule has 2 rings (SSSR count). The van der Waals surface area contributed by atoms with Crippen LogP contribution in [0.1, 0.15) is 24.1 Å². The number of nitrogens with zero attached hydrogens (tertiary/aromatic N) is 1. The molecule has 0 saturated carbocycles. The van der Waals surface area contributed by atoms with E-state index in [2.05, 4.69) is 4.72 Å². The Morgan fingerprint density at radius 1 is 1.05 bits per heavy atom. The molecule has 20 heavy (non-hydrogen) atoms. The van der Waals surface area contributed by atoms with Crippen LogP contribution in [0.5, 0.6) is 0 Å². The van der Waals surface area contributed by atoms with Gasteiger partial charge >= 0.3 is 0 Å². The van der Waals surface area contributed by atoms with Crippen LogP contribution in [0.25, 0.3) is 0 Å². The Morgan fingerprint density at radius 2 is 1.65 bits per heavy atom. The maximum Gasteiger partial charge on any atom is 0.242 e. The summed E-state index contributed by atoms with van der Waals surface area (Å²) in [5, 5.41) is 8.99. The van der Waals surface area contributed by atoms with E-state index in [0.717, 1.165) is 5.56 Å². The van der Waals surface area contributed by atoms with E-state index in [1.165, 1.54) is 12.1 Å². The van der Waals surface area contributed by atoms with E-state index in [9.17, 15) is 8.42 Å². The molecule has 0 saturated heterocycles. The first-order valence-electron chi connectivity index (χ1n) is 6.11. The average Bonchev–Trinajstić information content (AvgIpc) is 2.47. The van der Waals surface area contributed by atoms with Crippen molar-refractivity contribution in [2.75, 3.05) is 0 Å². The maximum absolute atomic E-state index is 12.3. The fraction of sp³-hybridized carbons (Fsp3) is 0.133. The van der Waals surface area contributed by atoms with E-state index < -0.39 is 10.0 Å². The van der Waals surface area contributed by atoms with Crippen LogP contribution in [-0.2, 0) is 10.0 Å². The highest BCUT2D eigenvalue weighted by molar-refractivity contribution is 7.89. The summed E-state index contributed by atoms with van der Waals surface area (Å²) in [5.74, 6) is 0. The first-order valence-corrected chi connectivity index (χ1v) is 7.59. The molecule has 0 amide bonds. The van der Waals surface area contributed by atoms with Gasteiger partial charge < -0.3 is 0 Å². The molecule has 1 atom stereocenters. The van der Waals surface area contributed by atoms with Crippen LogP contribution in [0.4, 0.5) is 0 Å². The predicted molar refractivity (Wildman–Crippen MR) is 76.3 cm³/mol. The fourth-order valence-corrected chi connectivity index (χ4v) is 3.29. The number of rotatable bonds is 4. The lowest BCUT2D eigenvalue weighted by Crippen LogP contribution is -2.27. The van der Waals surface area contributed by atoms with Gasteiger partial charge in [0, 0.05) is 6.04 Å². The molecule has 2 aromatic rings. The molecule has 0 unspecified atom stereocenters. The highest BCUT2D eigenvalue weighted by Crippen LogP contribution is 2.19. The zero-order chi connectivity index (χ0) is 14.6. The Morgan fingerprint density at radius 3 is 2.30 bits per heavy atom. The second-order valence-corrected chi connectivity index (χ2v) is 6.04. The number of hydrogen-bond acceptors (Lipinski definition) is 3. The first kappa shape index (κ1) is 14.3. The Labute approximate surface area is 118 Å². The molecule has 0 radical (unpaired) electrons. The summed E-state index contributed by atoms with van der Waals surface area (Å²) >= 11 is 0. The third-order valence-corrected chi connectivity index (χ3v) is 4.53. The van der Waals surface area contributed by atoms with Gasteiger partial charge in [0.05, 0.1) is 10.5 Å². The monoisotopic (exact) mass is 286 g/mol. The van der Waals surface area contributed by atoms with E-state index in [4.69, 9.17) is 5.26 Å². The molecule has 0 heterocycles. The third-order valence-electron chi connectivity index (χ3n) is 2.93. The largest absolute Gasteiger partial charge is 0.242 e. The van der Waals surface area contributed by atoms with Crippen LogP contribution < -0.4 is 4.72 Å². The molecule has 0 bridgehead atoms. The van der Waals surface area contributed by atoms with E-state index in [0.29, 0.717) is 0 Å².